The average Bonchev–Trinajstić information content (AvgIpc) is 3.06. The highest BCUT2D eigenvalue weighted by molar-refractivity contribution is 7.71. The first-order valence-electron chi connectivity index (χ1n) is 6.76. The Kier molecular flexibility index (Phi) is 5.10. The van der Waals surface area contributed by atoms with Gasteiger partial charge in [0.2, 0.25) is 5.91 Å². The quantitative estimate of drug-likeness (QED) is 0.634. The Labute approximate surface area is 127 Å². The van der Waals surface area contributed by atoms with E-state index >= 15 is 0 Å². The lowest BCUT2D eigenvalue weighted by molar-refractivity contribution is -0.116. The van der Waals surface area contributed by atoms with Crippen molar-refractivity contribution in [2.75, 3.05) is 6.54 Å². The largest absolute Gasteiger partial charge is 0.462 e. The highest BCUT2D eigenvalue weighted by atomic mass is 32.1. The summed E-state index contributed by atoms with van der Waals surface area (Å²) in [7, 11) is 0. The van der Waals surface area contributed by atoms with Crippen LogP contribution in [0.5, 0.6) is 0 Å². The number of furan rings is 1. The number of aromatic nitrogens is 3. The predicted octanol–water partition coefficient (Wildman–Crippen LogP) is 2.23. The standard InChI is InChI=1S/C14H18N4O2S/c1-3-11-4-5-12(20-11)6-7-13(19)15-8-9-18-10(2)16-17-14(18)21/h4-7H,3,8-9H2,1-2H3,(H,15,19)(H,17,21)/b7-6+. The Bertz CT molecular complexity index is 696. The third-order valence-corrected chi connectivity index (χ3v) is 3.33. The fraction of sp³-hybridized carbons (Fsp3) is 0.357. The molecule has 0 aromatic carbocycles. The van der Waals surface area contributed by atoms with Gasteiger partial charge in [-0.2, -0.15) is 5.10 Å². The molecule has 0 saturated heterocycles. The lowest BCUT2D eigenvalue weighted by Gasteiger charge is -2.04. The van der Waals surface area contributed by atoms with Crippen molar-refractivity contribution in [3.8, 4) is 0 Å². The van der Waals surface area contributed by atoms with Crippen LogP contribution >= 0.6 is 12.2 Å². The third kappa shape index (κ3) is 4.16. The van der Waals surface area contributed by atoms with Crippen molar-refractivity contribution in [1.82, 2.24) is 20.1 Å². The van der Waals surface area contributed by atoms with E-state index in [1.165, 1.54) is 6.08 Å². The lowest BCUT2D eigenvalue weighted by Crippen LogP contribution is -2.25. The molecule has 1 amide bonds. The van der Waals surface area contributed by atoms with Gasteiger partial charge in [0, 0.05) is 25.6 Å². The van der Waals surface area contributed by atoms with Gasteiger partial charge in [-0.25, -0.2) is 0 Å². The second-order valence-corrected chi connectivity index (χ2v) is 4.90. The van der Waals surface area contributed by atoms with E-state index in [1.54, 1.807) is 6.08 Å². The number of nitrogens with one attached hydrogen (secondary N) is 2. The summed E-state index contributed by atoms with van der Waals surface area (Å²) in [4.78, 5) is 11.7. The molecule has 0 radical (unpaired) electrons. The van der Waals surface area contributed by atoms with Gasteiger partial charge >= 0.3 is 0 Å². The number of rotatable bonds is 6. The zero-order valence-electron chi connectivity index (χ0n) is 12.0. The van der Waals surface area contributed by atoms with E-state index < -0.39 is 0 Å². The van der Waals surface area contributed by atoms with Crippen LogP contribution in [0.25, 0.3) is 6.08 Å². The van der Waals surface area contributed by atoms with Gasteiger partial charge in [0.25, 0.3) is 0 Å². The number of H-pyrrole nitrogens is 1. The molecule has 2 heterocycles. The number of carbonyl (C=O) groups is 1. The molecule has 0 bridgehead atoms. The predicted molar refractivity (Wildman–Crippen MR) is 82.3 cm³/mol. The van der Waals surface area contributed by atoms with Crippen molar-refractivity contribution in [2.24, 2.45) is 0 Å². The number of carbonyl (C=O) groups excluding carboxylic acids is 1. The van der Waals surface area contributed by atoms with Gasteiger partial charge in [-0.3, -0.25) is 9.89 Å². The van der Waals surface area contributed by atoms with Crippen molar-refractivity contribution in [1.29, 1.82) is 0 Å². The molecule has 0 atom stereocenters. The monoisotopic (exact) mass is 306 g/mol. The summed E-state index contributed by atoms with van der Waals surface area (Å²) < 4.78 is 7.87. The minimum atomic E-state index is -0.169. The summed E-state index contributed by atoms with van der Waals surface area (Å²) in [5.74, 6) is 2.21. The summed E-state index contributed by atoms with van der Waals surface area (Å²) >= 11 is 5.09. The molecule has 0 spiro atoms. The van der Waals surface area contributed by atoms with Gasteiger partial charge in [-0.15, -0.1) is 0 Å². The molecule has 2 N–H and O–H groups in total. The Morgan fingerprint density at radius 3 is 3.00 bits per heavy atom. The van der Waals surface area contributed by atoms with Crippen LogP contribution in [0.4, 0.5) is 0 Å². The first kappa shape index (κ1) is 15.2. The Morgan fingerprint density at radius 2 is 2.38 bits per heavy atom. The van der Waals surface area contributed by atoms with Crippen LogP contribution in [0.3, 0.4) is 0 Å². The number of amides is 1. The molecule has 7 heteroatoms. The van der Waals surface area contributed by atoms with E-state index in [1.807, 2.05) is 30.5 Å². The maximum Gasteiger partial charge on any atom is 0.244 e. The smallest absolute Gasteiger partial charge is 0.244 e. The molecule has 2 rings (SSSR count). The summed E-state index contributed by atoms with van der Waals surface area (Å²) in [5, 5.41) is 9.50. The normalized spacial score (nSPS) is 11.1. The Balaban J connectivity index is 1.81. The minimum absolute atomic E-state index is 0.169. The Morgan fingerprint density at radius 1 is 1.57 bits per heavy atom. The van der Waals surface area contributed by atoms with Gasteiger partial charge in [0.1, 0.15) is 17.3 Å². The van der Waals surface area contributed by atoms with Crippen molar-refractivity contribution in [2.45, 2.75) is 26.8 Å². The van der Waals surface area contributed by atoms with E-state index in [0.29, 0.717) is 23.6 Å². The summed E-state index contributed by atoms with van der Waals surface area (Å²) in [5.41, 5.74) is 0. The molecular weight excluding hydrogens is 288 g/mol. The summed E-state index contributed by atoms with van der Waals surface area (Å²) in [6, 6.07) is 3.75. The fourth-order valence-corrected chi connectivity index (χ4v) is 2.11. The number of aromatic amines is 1. The van der Waals surface area contributed by atoms with Crippen molar-refractivity contribution < 1.29 is 9.21 Å². The van der Waals surface area contributed by atoms with Gasteiger partial charge in [0.05, 0.1) is 0 Å². The van der Waals surface area contributed by atoms with Crippen LogP contribution in [-0.2, 0) is 17.8 Å². The molecule has 21 heavy (non-hydrogen) atoms. The van der Waals surface area contributed by atoms with Crippen molar-refractivity contribution >= 4 is 24.2 Å². The van der Waals surface area contributed by atoms with Crippen LogP contribution in [0.2, 0.25) is 0 Å². The van der Waals surface area contributed by atoms with E-state index in [-0.39, 0.29) is 5.91 Å². The van der Waals surface area contributed by atoms with E-state index in [9.17, 15) is 4.79 Å². The fourth-order valence-electron chi connectivity index (χ4n) is 1.84. The highest BCUT2D eigenvalue weighted by Gasteiger charge is 2.02. The molecule has 0 aliphatic rings. The molecule has 0 unspecified atom stereocenters. The first-order chi connectivity index (χ1) is 10.1. The molecule has 2 aromatic rings. The second-order valence-electron chi connectivity index (χ2n) is 4.51. The van der Waals surface area contributed by atoms with Crippen molar-refractivity contribution in [3.63, 3.8) is 0 Å². The SMILES string of the molecule is CCc1ccc(/C=C/C(=O)NCCn2c(C)n[nH]c2=S)o1. The number of nitrogens with zero attached hydrogens (tertiary/aromatic N) is 2. The van der Waals surface area contributed by atoms with Gasteiger partial charge in [-0.1, -0.05) is 6.92 Å². The molecule has 2 aromatic heterocycles. The number of hydrogen-bond acceptors (Lipinski definition) is 4. The molecule has 0 saturated carbocycles. The minimum Gasteiger partial charge on any atom is -0.462 e. The maximum atomic E-state index is 11.7. The maximum absolute atomic E-state index is 11.7. The van der Waals surface area contributed by atoms with E-state index in [2.05, 4.69) is 15.5 Å². The third-order valence-electron chi connectivity index (χ3n) is 3.01. The molecule has 0 aliphatic heterocycles. The topological polar surface area (TPSA) is 75.8 Å². The molecular formula is C14H18N4O2S. The highest BCUT2D eigenvalue weighted by Crippen LogP contribution is 2.09. The molecule has 6 nitrogen and oxygen atoms in total. The van der Waals surface area contributed by atoms with Crippen LogP contribution in [-0.4, -0.2) is 27.2 Å². The lowest BCUT2D eigenvalue weighted by atomic mass is 10.3. The van der Waals surface area contributed by atoms with Crippen LogP contribution in [0.15, 0.2) is 22.6 Å². The number of hydrogen-bond donors (Lipinski definition) is 2. The van der Waals surface area contributed by atoms with Crippen LogP contribution in [0.1, 0.15) is 24.3 Å². The van der Waals surface area contributed by atoms with Crippen LogP contribution in [0, 0.1) is 11.7 Å². The second kappa shape index (κ2) is 7.03. The summed E-state index contributed by atoms with van der Waals surface area (Å²) in [6.07, 6.45) is 3.95. The molecule has 0 fully saturated rings. The van der Waals surface area contributed by atoms with Gasteiger partial charge in [-0.05, 0) is 37.4 Å². The van der Waals surface area contributed by atoms with Crippen LogP contribution < -0.4 is 5.32 Å². The molecule has 0 aliphatic carbocycles. The van der Waals surface area contributed by atoms with Gasteiger partial charge in [0.15, 0.2) is 4.77 Å². The Hall–Kier alpha value is -2.15. The first-order valence-corrected chi connectivity index (χ1v) is 7.17. The zero-order chi connectivity index (χ0) is 15.2. The zero-order valence-corrected chi connectivity index (χ0v) is 12.9. The average molecular weight is 306 g/mol. The van der Waals surface area contributed by atoms with E-state index in [0.717, 1.165) is 18.0 Å². The summed E-state index contributed by atoms with van der Waals surface area (Å²) in [6.45, 7) is 4.94. The van der Waals surface area contributed by atoms with Gasteiger partial charge < -0.3 is 14.3 Å². The van der Waals surface area contributed by atoms with Crippen molar-refractivity contribution in [3.05, 3.63) is 40.3 Å². The molecule has 112 valence electrons. The number of aryl methyl sites for hydroxylation is 2. The van der Waals surface area contributed by atoms with E-state index in [4.69, 9.17) is 16.6 Å².